The molecule has 4 heteroatoms. The summed E-state index contributed by atoms with van der Waals surface area (Å²) in [6.45, 7) is 1.37. The van der Waals surface area contributed by atoms with Crippen molar-refractivity contribution >= 4 is 17.5 Å². The average Bonchev–Trinajstić information content (AvgIpc) is 2.34. The molecule has 0 radical (unpaired) electrons. The molecule has 2 rings (SSSR count). The van der Waals surface area contributed by atoms with E-state index in [9.17, 15) is 9.59 Å². The molecule has 4 nitrogen and oxygen atoms in total. The van der Waals surface area contributed by atoms with E-state index >= 15 is 0 Å². The lowest BCUT2D eigenvalue weighted by molar-refractivity contribution is -0.142. The number of hydrogen-bond donors (Lipinski definition) is 0. The van der Waals surface area contributed by atoms with Gasteiger partial charge in [0.2, 0.25) is 0 Å². The number of nitrogens with zero attached hydrogens (tertiary/aromatic N) is 1. The highest BCUT2D eigenvalue weighted by molar-refractivity contribution is 6.05. The Morgan fingerprint density at radius 2 is 1.72 bits per heavy atom. The summed E-state index contributed by atoms with van der Waals surface area (Å²) in [5.74, 6) is -0.331. The van der Waals surface area contributed by atoms with Crippen molar-refractivity contribution in [2.45, 2.75) is 19.1 Å². The van der Waals surface area contributed by atoms with Gasteiger partial charge < -0.3 is 4.74 Å². The SMILES string of the molecule is CC(=O)OC1C=CC(=NC2C=CC(=O)C=C2)C=C1. The third-order valence-electron chi connectivity index (χ3n) is 2.43. The van der Waals surface area contributed by atoms with Crippen LogP contribution in [0.15, 0.2) is 53.6 Å². The number of ketones is 1. The van der Waals surface area contributed by atoms with Crippen LogP contribution in [0.1, 0.15) is 6.92 Å². The number of esters is 1. The lowest BCUT2D eigenvalue weighted by Crippen LogP contribution is -2.15. The lowest BCUT2D eigenvalue weighted by Gasteiger charge is -2.13. The summed E-state index contributed by atoms with van der Waals surface area (Å²) >= 11 is 0. The Hall–Kier alpha value is -2.23. The fourth-order valence-electron chi connectivity index (χ4n) is 1.63. The summed E-state index contributed by atoms with van der Waals surface area (Å²) in [6.07, 6.45) is 13.3. The summed E-state index contributed by atoms with van der Waals surface area (Å²) in [4.78, 5) is 26.1. The van der Waals surface area contributed by atoms with Gasteiger partial charge in [-0.3, -0.25) is 14.6 Å². The van der Waals surface area contributed by atoms with Gasteiger partial charge in [-0.05, 0) is 36.5 Å². The molecule has 0 atom stereocenters. The molecule has 0 aromatic rings. The average molecular weight is 243 g/mol. The number of ether oxygens (including phenoxy) is 1. The highest BCUT2D eigenvalue weighted by Gasteiger charge is 2.10. The zero-order chi connectivity index (χ0) is 13.0. The first-order chi connectivity index (χ1) is 8.63. The number of allylic oxidation sites excluding steroid dienone is 4. The predicted octanol–water partition coefficient (Wildman–Crippen LogP) is 1.55. The van der Waals surface area contributed by atoms with Crippen LogP contribution in [0.2, 0.25) is 0 Å². The van der Waals surface area contributed by atoms with Crippen LogP contribution in [-0.2, 0) is 14.3 Å². The highest BCUT2D eigenvalue weighted by Crippen LogP contribution is 2.09. The second kappa shape index (κ2) is 5.40. The van der Waals surface area contributed by atoms with Gasteiger partial charge in [-0.15, -0.1) is 0 Å². The van der Waals surface area contributed by atoms with E-state index in [0.29, 0.717) is 0 Å². The Morgan fingerprint density at radius 3 is 2.28 bits per heavy atom. The highest BCUT2D eigenvalue weighted by atomic mass is 16.5. The first-order valence-corrected chi connectivity index (χ1v) is 5.65. The van der Waals surface area contributed by atoms with E-state index in [-0.39, 0.29) is 23.9 Å². The minimum absolute atomic E-state index is 0.0175. The van der Waals surface area contributed by atoms with Gasteiger partial charge in [0, 0.05) is 6.92 Å². The Kier molecular flexibility index (Phi) is 3.67. The fraction of sp³-hybridized carbons (Fsp3) is 0.214. The maximum absolute atomic E-state index is 10.9. The zero-order valence-electron chi connectivity index (χ0n) is 9.95. The number of rotatable bonds is 2. The van der Waals surface area contributed by atoms with Crippen molar-refractivity contribution < 1.29 is 14.3 Å². The Labute approximate surface area is 105 Å². The molecule has 0 spiro atoms. The number of carbonyl (C=O) groups excluding carboxylic acids is 2. The Bertz CT molecular complexity index is 477. The van der Waals surface area contributed by atoms with Gasteiger partial charge in [0.1, 0.15) is 6.10 Å². The van der Waals surface area contributed by atoms with Crippen molar-refractivity contribution in [3.8, 4) is 0 Å². The van der Waals surface area contributed by atoms with E-state index in [0.717, 1.165) is 5.71 Å². The molecule has 0 fully saturated rings. The predicted molar refractivity (Wildman–Crippen MR) is 68.3 cm³/mol. The smallest absolute Gasteiger partial charge is 0.303 e. The maximum atomic E-state index is 10.9. The summed E-state index contributed by atoms with van der Waals surface area (Å²) in [5, 5.41) is 0. The van der Waals surface area contributed by atoms with Crippen molar-refractivity contribution in [2.75, 3.05) is 0 Å². The first kappa shape index (κ1) is 12.2. The number of aliphatic imine (C=N–C) groups is 1. The van der Waals surface area contributed by atoms with E-state index in [1.165, 1.54) is 19.1 Å². The minimum Gasteiger partial charge on any atom is -0.454 e. The van der Waals surface area contributed by atoms with E-state index in [1.54, 1.807) is 36.5 Å². The van der Waals surface area contributed by atoms with Gasteiger partial charge in [0.15, 0.2) is 5.78 Å². The molecule has 2 aliphatic carbocycles. The third kappa shape index (κ3) is 3.38. The first-order valence-electron chi connectivity index (χ1n) is 5.65. The van der Waals surface area contributed by atoms with Crippen molar-refractivity contribution in [1.29, 1.82) is 0 Å². The van der Waals surface area contributed by atoms with Crippen LogP contribution < -0.4 is 0 Å². The topological polar surface area (TPSA) is 55.7 Å². The molecule has 2 aliphatic rings. The monoisotopic (exact) mass is 243 g/mol. The summed E-state index contributed by atoms with van der Waals surface area (Å²) in [6, 6.07) is -0.114. The van der Waals surface area contributed by atoms with Gasteiger partial charge in [-0.2, -0.15) is 0 Å². The van der Waals surface area contributed by atoms with Crippen LogP contribution in [0.3, 0.4) is 0 Å². The second-order valence-corrected chi connectivity index (χ2v) is 3.96. The third-order valence-corrected chi connectivity index (χ3v) is 2.43. The fourth-order valence-corrected chi connectivity index (χ4v) is 1.63. The Morgan fingerprint density at radius 1 is 1.11 bits per heavy atom. The van der Waals surface area contributed by atoms with E-state index in [4.69, 9.17) is 4.74 Å². The zero-order valence-corrected chi connectivity index (χ0v) is 9.95. The molecule has 0 aromatic heterocycles. The molecule has 18 heavy (non-hydrogen) atoms. The van der Waals surface area contributed by atoms with Gasteiger partial charge in [-0.1, -0.05) is 12.2 Å². The summed E-state index contributed by atoms with van der Waals surface area (Å²) in [5.41, 5.74) is 0.784. The molecular weight excluding hydrogens is 230 g/mol. The number of hydrogen-bond acceptors (Lipinski definition) is 4. The van der Waals surface area contributed by atoms with Gasteiger partial charge in [-0.25, -0.2) is 0 Å². The molecule has 0 amide bonds. The van der Waals surface area contributed by atoms with Gasteiger partial charge in [0.05, 0.1) is 11.8 Å². The molecule has 0 aromatic carbocycles. The maximum Gasteiger partial charge on any atom is 0.303 e. The quantitative estimate of drug-likeness (QED) is 0.691. The number of carbonyl (C=O) groups is 2. The van der Waals surface area contributed by atoms with Crippen molar-refractivity contribution in [3.63, 3.8) is 0 Å². The molecular formula is C14H13NO3. The lowest BCUT2D eigenvalue weighted by atomic mass is 10.1. The summed E-state index contributed by atoms with van der Waals surface area (Å²) in [7, 11) is 0. The van der Waals surface area contributed by atoms with Crippen LogP contribution in [-0.4, -0.2) is 29.6 Å². The minimum atomic E-state index is -0.319. The van der Waals surface area contributed by atoms with Crippen LogP contribution in [0.5, 0.6) is 0 Å². The van der Waals surface area contributed by atoms with Crippen molar-refractivity contribution in [3.05, 3.63) is 48.6 Å². The summed E-state index contributed by atoms with van der Waals surface area (Å²) < 4.78 is 5.00. The van der Waals surface area contributed by atoms with Crippen LogP contribution in [0.25, 0.3) is 0 Å². The molecule has 0 aliphatic heterocycles. The van der Waals surface area contributed by atoms with Crippen LogP contribution in [0.4, 0.5) is 0 Å². The van der Waals surface area contributed by atoms with Crippen LogP contribution >= 0.6 is 0 Å². The molecule has 0 bridgehead atoms. The molecule has 0 heterocycles. The molecule has 0 N–H and O–H groups in total. The van der Waals surface area contributed by atoms with E-state index in [1.807, 2.05) is 0 Å². The second-order valence-electron chi connectivity index (χ2n) is 3.96. The van der Waals surface area contributed by atoms with E-state index in [2.05, 4.69) is 4.99 Å². The van der Waals surface area contributed by atoms with Gasteiger partial charge >= 0.3 is 5.97 Å². The molecule has 0 unspecified atom stereocenters. The Balaban J connectivity index is 1.99. The van der Waals surface area contributed by atoms with Gasteiger partial charge in [0.25, 0.3) is 0 Å². The largest absolute Gasteiger partial charge is 0.454 e. The molecule has 0 saturated heterocycles. The van der Waals surface area contributed by atoms with E-state index < -0.39 is 0 Å². The normalized spacial score (nSPS) is 22.4. The van der Waals surface area contributed by atoms with Crippen molar-refractivity contribution in [2.24, 2.45) is 4.99 Å². The van der Waals surface area contributed by atoms with Crippen molar-refractivity contribution in [1.82, 2.24) is 0 Å². The molecule has 92 valence electrons. The standard InChI is InChI=1S/C14H13NO3/c1-10(16)18-14-8-4-12(5-9-14)15-11-2-6-13(17)7-3-11/h2-9,11,14H,1H3. The van der Waals surface area contributed by atoms with Crippen LogP contribution in [0, 0.1) is 0 Å². The molecule has 0 saturated carbocycles.